The van der Waals surface area contributed by atoms with Crippen LogP contribution in [0.15, 0.2) is 55.0 Å². The number of benzene rings is 1. The summed E-state index contributed by atoms with van der Waals surface area (Å²) in [6.07, 6.45) is 6.67. The van der Waals surface area contributed by atoms with Crippen LogP contribution in [0.2, 0.25) is 0 Å². The molecule has 9 heteroatoms. The van der Waals surface area contributed by atoms with Crippen molar-refractivity contribution < 1.29 is 19.4 Å². The molecular formula is C22H21N5O4. The second-order valence-corrected chi connectivity index (χ2v) is 8.03. The van der Waals surface area contributed by atoms with Gasteiger partial charge in [0.25, 0.3) is 0 Å². The molecule has 0 radical (unpaired) electrons. The summed E-state index contributed by atoms with van der Waals surface area (Å²) in [5, 5.41) is 20.6. The molecule has 1 aliphatic heterocycles. The maximum Gasteiger partial charge on any atom is 0.356 e. The Balaban J connectivity index is 1.20. The molecule has 3 atom stereocenters. The van der Waals surface area contributed by atoms with Crippen molar-refractivity contribution in [3.8, 4) is 16.9 Å². The predicted molar refractivity (Wildman–Crippen MR) is 110 cm³/mol. The van der Waals surface area contributed by atoms with E-state index in [1.807, 2.05) is 30.3 Å². The molecule has 0 spiro atoms. The molecule has 158 valence electrons. The number of amides is 1. The maximum atomic E-state index is 12.7. The van der Waals surface area contributed by atoms with E-state index in [9.17, 15) is 9.59 Å². The quantitative estimate of drug-likeness (QED) is 0.692. The zero-order chi connectivity index (χ0) is 21.4. The van der Waals surface area contributed by atoms with Crippen LogP contribution < -0.4 is 4.74 Å². The largest absolute Gasteiger partial charge is 0.490 e. The molecule has 1 N–H and O–H groups in total. The first-order chi connectivity index (χ1) is 15.1. The molecule has 2 aliphatic rings. The molecule has 31 heavy (non-hydrogen) atoms. The highest BCUT2D eigenvalue weighted by Gasteiger charge is 2.43. The van der Waals surface area contributed by atoms with E-state index in [-0.39, 0.29) is 17.8 Å². The molecule has 3 heterocycles. The minimum atomic E-state index is -1.14. The first-order valence-electron chi connectivity index (χ1n) is 10.2. The number of aromatic carboxylic acids is 1. The van der Waals surface area contributed by atoms with E-state index < -0.39 is 5.97 Å². The summed E-state index contributed by atoms with van der Waals surface area (Å²) in [6.45, 7) is 1.27. The maximum absolute atomic E-state index is 12.7. The van der Waals surface area contributed by atoms with Gasteiger partial charge in [-0.15, -0.1) is 0 Å². The number of hydrogen-bond donors (Lipinski definition) is 1. The minimum absolute atomic E-state index is 0.112. The van der Waals surface area contributed by atoms with Crippen LogP contribution in [0, 0.1) is 11.8 Å². The highest BCUT2D eigenvalue weighted by molar-refractivity contribution is 5.86. The number of ether oxygens (including phenoxy) is 1. The molecule has 0 bridgehead atoms. The van der Waals surface area contributed by atoms with Crippen LogP contribution in [0.1, 0.15) is 23.3 Å². The van der Waals surface area contributed by atoms with Gasteiger partial charge in [-0.05, 0) is 54.5 Å². The molecule has 2 aromatic heterocycles. The van der Waals surface area contributed by atoms with Crippen LogP contribution in [-0.4, -0.2) is 61.2 Å². The Bertz CT molecular complexity index is 1100. The van der Waals surface area contributed by atoms with Gasteiger partial charge in [-0.3, -0.25) is 0 Å². The zero-order valence-corrected chi connectivity index (χ0v) is 16.7. The third kappa shape index (κ3) is 3.86. The van der Waals surface area contributed by atoms with Crippen LogP contribution >= 0.6 is 0 Å². The van der Waals surface area contributed by atoms with E-state index in [0.29, 0.717) is 24.9 Å². The van der Waals surface area contributed by atoms with Crippen molar-refractivity contribution in [3.63, 3.8) is 0 Å². The van der Waals surface area contributed by atoms with Gasteiger partial charge in [0.1, 0.15) is 5.75 Å². The van der Waals surface area contributed by atoms with E-state index in [2.05, 4.69) is 15.3 Å². The van der Waals surface area contributed by atoms with Gasteiger partial charge in [-0.2, -0.15) is 20.0 Å². The highest BCUT2D eigenvalue weighted by atomic mass is 16.5. The Kier molecular flexibility index (Phi) is 4.85. The molecule has 1 amide bonds. The molecular weight excluding hydrogens is 398 g/mol. The number of carbonyl (C=O) groups is 2. The summed E-state index contributed by atoms with van der Waals surface area (Å²) < 4.78 is 7.37. The first-order valence-corrected chi connectivity index (χ1v) is 10.2. The number of carboxylic acids is 1. The number of carbonyl (C=O) groups excluding carboxylic acids is 1. The Morgan fingerprint density at radius 3 is 2.52 bits per heavy atom. The number of aromatic nitrogens is 4. The fourth-order valence-electron chi connectivity index (χ4n) is 4.59. The summed E-state index contributed by atoms with van der Waals surface area (Å²) in [5.74, 6) is 0.422. The first kappa shape index (κ1) is 19.2. The Morgan fingerprint density at radius 1 is 1.03 bits per heavy atom. The molecule has 5 rings (SSSR count). The summed E-state index contributed by atoms with van der Waals surface area (Å²) in [6, 6.07) is 10.9. The second-order valence-electron chi connectivity index (χ2n) is 8.03. The van der Waals surface area contributed by atoms with Crippen molar-refractivity contribution in [2.45, 2.75) is 18.9 Å². The van der Waals surface area contributed by atoms with E-state index in [0.717, 1.165) is 34.4 Å². The van der Waals surface area contributed by atoms with Gasteiger partial charge in [0.15, 0.2) is 5.69 Å². The lowest BCUT2D eigenvalue weighted by Gasteiger charge is -2.20. The van der Waals surface area contributed by atoms with Crippen LogP contribution in [0.5, 0.6) is 5.75 Å². The van der Waals surface area contributed by atoms with Gasteiger partial charge >= 0.3 is 12.0 Å². The van der Waals surface area contributed by atoms with Gasteiger partial charge in [0.2, 0.25) is 0 Å². The third-order valence-electron chi connectivity index (χ3n) is 6.04. The zero-order valence-electron chi connectivity index (χ0n) is 16.7. The molecule has 1 saturated carbocycles. The number of nitrogens with zero attached hydrogens (tertiary/aromatic N) is 5. The Hall–Kier alpha value is -3.75. The average Bonchev–Trinajstić information content (AvgIpc) is 3.49. The van der Waals surface area contributed by atoms with Gasteiger partial charge in [0, 0.05) is 24.8 Å². The normalized spacial score (nSPS) is 22.3. The van der Waals surface area contributed by atoms with Crippen molar-refractivity contribution >= 4 is 12.0 Å². The molecule has 1 aliphatic carbocycles. The number of fused-ring (bicyclic) bond motifs is 1. The average molecular weight is 419 g/mol. The van der Waals surface area contributed by atoms with Gasteiger partial charge in [-0.1, -0.05) is 12.1 Å². The van der Waals surface area contributed by atoms with Crippen LogP contribution in [0.4, 0.5) is 4.79 Å². The SMILES string of the molecule is O=C(O)c1ccn(C(=O)N2CC3C[C@H](Oc4cccc(-c5ccnnc5)c4)C[C@H]3C2)n1. The molecule has 1 aromatic carbocycles. The van der Waals surface area contributed by atoms with Gasteiger partial charge < -0.3 is 14.7 Å². The molecule has 1 saturated heterocycles. The number of rotatable bonds is 4. The fraction of sp³-hybridized carbons (Fsp3) is 0.318. The third-order valence-corrected chi connectivity index (χ3v) is 6.04. The van der Waals surface area contributed by atoms with Crippen LogP contribution in [0.3, 0.4) is 0 Å². The predicted octanol–water partition coefficient (Wildman–Crippen LogP) is 2.80. The van der Waals surface area contributed by atoms with Gasteiger partial charge in [-0.25, -0.2) is 9.59 Å². The van der Waals surface area contributed by atoms with Gasteiger partial charge in [0.05, 0.1) is 18.5 Å². The fourth-order valence-corrected chi connectivity index (χ4v) is 4.59. The second kappa shape index (κ2) is 7.82. The monoisotopic (exact) mass is 419 g/mol. The van der Waals surface area contributed by atoms with E-state index in [1.165, 1.54) is 12.3 Å². The van der Waals surface area contributed by atoms with Crippen molar-refractivity contribution in [1.82, 2.24) is 24.9 Å². The summed E-state index contributed by atoms with van der Waals surface area (Å²) in [7, 11) is 0. The topological polar surface area (TPSA) is 110 Å². The Morgan fingerprint density at radius 2 is 1.84 bits per heavy atom. The van der Waals surface area contributed by atoms with Crippen molar-refractivity contribution in [3.05, 3.63) is 60.7 Å². The molecule has 2 fully saturated rings. The summed E-state index contributed by atoms with van der Waals surface area (Å²) in [5.41, 5.74) is 1.89. The minimum Gasteiger partial charge on any atom is -0.490 e. The highest BCUT2D eigenvalue weighted by Crippen LogP contribution is 2.40. The van der Waals surface area contributed by atoms with Crippen LogP contribution in [0.25, 0.3) is 11.1 Å². The summed E-state index contributed by atoms with van der Waals surface area (Å²) in [4.78, 5) is 25.4. The van der Waals surface area contributed by atoms with Crippen molar-refractivity contribution in [1.29, 1.82) is 0 Å². The standard InChI is InChI=1S/C22H21N5O4/c28-21(29)20-5-7-27(25-20)22(30)26-12-16-9-19(10-17(16)13-26)31-18-3-1-2-14(8-18)15-4-6-23-24-11-15/h1-8,11,16-17,19H,9-10,12-13H2,(H,28,29)/t16-,17?,19+/m0/s1. The summed E-state index contributed by atoms with van der Waals surface area (Å²) >= 11 is 0. The number of carboxylic acid groups (broad SMARTS) is 1. The van der Waals surface area contributed by atoms with E-state index >= 15 is 0 Å². The molecule has 1 unspecified atom stereocenters. The van der Waals surface area contributed by atoms with Crippen molar-refractivity contribution in [2.24, 2.45) is 11.8 Å². The van der Waals surface area contributed by atoms with E-state index in [4.69, 9.17) is 9.84 Å². The molecule has 9 nitrogen and oxygen atoms in total. The van der Waals surface area contributed by atoms with Crippen molar-refractivity contribution in [2.75, 3.05) is 13.1 Å². The lowest BCUT2D eigenvalue weighted by molar-refractivity contribution is 0.0690. The number of likely N-dealkylation sites (tertiary alicyclic amines) is 1. The molecule has 3 aromatic rings. The Labute approximate surface area is 178 Å². The lowest BCUT2D eigenvalue weighted by atomic mass is 10.0. The smallest absolute Gasteiger partial charge is 0.356 e. The number of hydrogen-bond acceptors (Lipinski definition) is 6. The van der Waals surface area contributed by atoms with Crippen LogP contribution in [-0.2, 0) is 0 Å². The lowest BCUT2D eigenvalue weighted by Crippen LogP contribution is -2.34. The van der Waals surface area contributed by atoms with E-state index in [1.54, 1.807) is 17.3 Å².